The topological polar surface area (TPSA) is 111 Å². The summed E-state index contributed by atoms with van der Waals surface area (Å²) in [5.41, 5.74) is 0.740. The Labute approximate surface area is 167 Å². The second kappa shape index (κ2) is 8.30. The van der Waals surface area contributed by atoms with Crippen molar-refractivity contribution in [2.45, 2.75) is 26.3 Å². The van der Waals surface area contributed by atoms with Gasteiger partial charge in [-0.2, -0.15) is 0 Å². The molecule has 0 fully saturated rings. The molecular formula is C21H23N3O5. The SMILES string of the molecule is CC(C)CC(COc1cc2c(cc1C=O)c1ccncc1c(=O)n2C)NC(=O)O. The van der Waals surface area contributed by atoms with Crippen LogP contribution < -0.4 is 15.6 Å². The molecule has 0 aliphatic heterocycles. The van der Waals surface area contributed by atoms with E-state index in [2.05, 4.69) is 10.3 Å². The van der Waals surface area contributed by atoms with Gasteiger partial charge in [0.05, 0.1) is 22.5 Å². The standard InChI is InChI=1S/C21H23N3O5/c1-12(2)6-14(23-21(27)28)11-29-19-8-18-16(7-13(19)10-25)15-4-5-22-9-17(15)20(26)24(18)3/h4-5,7-10,12,14,23H,6,11H2,1-3H3,(H,27,28). The Balaban J connectivity index is 2.05. The quantitative estimate of drug-likeness (QED) is 0.468. The van der Waals surface area contributed by atoms with Crippen molar-refractivity contribution in [1.29, 1.82) is 0 Å². The van der Waals surface area contributed by atoms with Crippen molar-refractivity contribution in [3.8, 4) is 5.75 Å². The highest BCUT2D eigenvalue weighted by molar-refractivity contribution is 6.07. The zero-order valence-corrected chi connectivity index (χ0v) is 16.5. The Morgan fingerprint density at radius 3 is 2.72 bits per heavy atom. The van der Waals surface area contributed by atoms with E-state index in [-0.39, 0.29) is 18.1 Å². The van der Waals surface area contributed by atoms with Crippen molar-refractivity contribution in [1.82, 2.24) is 14.9 Å². The highest BCUT2D eigenvalue weighted by atomic mass is 16.5. The van der Waals surface area contributed by atoms with Gasteiger partial charge in [-0.05, 0) is 29.9 Å². The first-order valence-electron chi connectivity index (χ1n) is 9.29. The van der Waals surface area contributed by atoms with Crippen molar-refractivity contribution in [3.05, 3.63) is 46.5 Å². The number of aldehydes is 1. The molecular weight excluding hydrogens is 374 g/mol. The molecule has 0 saturated heterocycles. The molecule has 8 heteroatoms. The summed E-state index contributed by atoms with van der Waals surface area (Å²) >= 11 is 0. The van der Waals surface area contributed by atoms with Crippen LogP contribution in [0.2, 0.25) is 0 Å². The number of benzene rings is 1. The van der Waals surface area contributed by atoms with Crippen LogP contribution in [0.4, 0.5) is 4.79 Å². The second-order valence-electron chi connectivity index (χ2n) is 7.40. The molecule has 2 aromatic heterocycles. The molecule has 8 nitrogen and oxygen atoms in total. The molecule has 29 heavy (non-hydrogen) atoms. The predicted molar refractivity (Wildman–Crippen MR) is 110 cm³/mol. The third kappa shape index (κ3) is 4.21. The number of amides is 1. The minimum Gasteiger partial charge on any atom is -0.491 e. The Morgan fingerprint density at radius 2 is 2.07 bits per heavy atom. The van der Waals surface area contributed by atoms with Crippen molar-refractivity contribution in [2.75, 3.05) is 6.61 Å². The summed E-state index contributed by atoms with van der Waals surface area (Å²) in [4.78, 5) is 39.4. The number of pyridine rings is 2. The summed E-state index contributed by atoms with van der Waals surface area (Å²) in [5.74, 6) is 0.565. The van der Waals surface area contributed by atoms with Crippen LogP contribution in [0.5, 0.6) is 5.75 Å². The first-order chi connectivity index (χ1) is 13.8. The normalized spacial score (nSPS) is 12.3. The zero-order valence-electron chi connectivity index (χ0n) is 16.5. The number of ether oxygens (including phenoxy) is 1. The van der Waals surface area contributed by atoms with Crippen molar-refractivity contribution < 1.29 is 19.4 Å². The molecule has 0 saturated carbocycles. The van der Waals surface area contributed by atoms with Crippen LogP contribution in [0.15, 0.2) is 35.4 Å². The number of aryl methyl sites for hydroxylation is 1. The van der Waals surface area contributed by atoms with Gasteiger partial charge in [-0.1, -0.05) is 13.8 Å². The van der Waals surface area contributed by atoms with Crippen molar-refractivity contribution in [3.63, 3.8) is 0 Å². The van der Waals surface area contributed by atoms with Crippen LogP contribution in [-0.2, 0) is 7.05 Å². The summed E-state index contributed by atoms with van der Waals surface area (Å²) in [6, 6.07) is 4.65. The lowest BCUT2D eigenvalue weighted by Gasteiger charge is -2.20. The van der Waals surface area contributed by atoms with E-state index in [1.165, 1.54) is 10.8 Å². The summed E-state index contributed by atoms with van der Waals surface area (Å²) in [6.45, 7) is 4.04. The van der Waals surface area contributed by atoms with Crippen LogP contribution in [0.1, 0.15) is 30.6 Å². The lowest BCUT2D eigenvalue weighted by atomic mass is 10.0. The third-order valence-electron chi connectivity index (χ3n) is 4.79. The van der Waals surface area contributed by atoms with Gasteiger partial charge in [0, 0.05) is 30.9 Å². The molecule has 3 rings (SSSR count). The number of carbonyl (C=O) groups excluding carboxylic acids is 1. The van der Waals surface area contributed by atoms with Gasteiger partial charge in [-0.15, -0.1) is 0 Å². The van der Waals surface area contributed by atoms with Crippen LogP contribution in [0.25, 0.3) is 21.7 Å². The lowest BCUT2D eigenvalue weighted by molar-refractivity contribution is 0.111. The van der Waals surface area contributed by atoms with Gasteiger partial charge in [-0.3, -0.25) is 14.6 Å². The maximum atomic E-state index is 12.7. The zero-order chi connectivity index (χ0) is 21.1. The largest absolute Gasteiger partial charge is 0.491 e. The average molecular weight is 397 g/mol. The second-order valence-corrected chi connectivity index (χ2v) is 7.40. The van der Waals surface area contributed by atoms with Crippen LogP contribution in [0.3, 0.4) is 0 Å². The molecule has 3 aromatic rings. The molecule has 2 heterocycles. The highest BCUT2D eigenvalue weighted by Crippen LogP contribution is 2.29. The summed E-state index contributed by atoms with van der Waals surface area (Å²) < 4.78 is 7.31. The van der Waals surface area contributed by atoms with Crippen molar-refractivity contribution in [2.24, 2.45) is 13.0 Å². The maximum absolute atomic E-state index is 12.7. The number of hydrogen-bond acceptors (Lipinski definition) is 5. The molecule has 2 N–H and O–H groups in total. The van der Waals surface area contributed by atoms with E-state index in [9.17, 15) is 14.4 Å². The number of fused-ring (bicyclic) bond motifs is 3. The van der Waals surface area contributed by atoms with Crippen molar-refractivity contribution >= 4 is 34.1 Å². The molecule has 0 radical (unpaired) electrons. The first kappa shape index (κ1) is 20.3. The van der Waals surface area contributed by atoms with Crippen LogP contribution >= 0.6 is 0 Å². The van der Waals surface area contributed by atoms with Gasteiger partial charge in [-0.25, -0.2) is 4.79 Å². The smallest absolute Gasteiger partial charge is 0.404 e. The summed E-state index contributed by atoms with van der Waals surface area (Å²) in [7, 11) is 1.65. The monoisotopic (exact) mass is 397 g/mol. The number of carbonyl (C=O) groups is 2. The molecule has 1 aromatic carbocycles. The fourth-order valence-corrected chi connectivity index (χ4v) is 3.49. The summed E-state index contributed by atoms with van der Waals surface area (Å²) in [5, 5.41) is 13.4. The van der Waals surface area contributed by atoms with Gasteiger partial charge in [0.2, 0.25) is 0 Å². The minimum absolute atomic E-state index is 0.0717. The van der Waals surface area contributed by atoms with E-state index < -0.39 is 12.1 Å². The minimum atomic E-state index is -1.13. The van der Waals surface area contributed by atoms with Gasteiger partial charge < -0.3 is 19.7 Å². The molecule has 0 bridgehead atoms. The highest BCUT2D eigenvalue weighted by Gasteiger charge is 2.17. The Kier molecular flexibility index (Phi) is 5.81. The van der Waals surface area contributed by atoms with E-state index in [0.29, 0.717) is 40.3 Å². The van der Waals surface area contributed by atoms with E-state index >= 15 is 0 Å². The Bertz CT molecular complexity index is 1140. The molecule has 1 atom stereocenters. The fourth-order valence-electron chi connectivity index (χ4n) is 3.49. The summed E-state index contributed by atoms with van der Waals surface area (Å²) in [6.07, 6.45) is 3.26. The van der Waals surface area contributed by atoms with E-state index in [4.69, 9.17) is 9.84 Å². The third-order valence-corrected chi connectivity index (χ3v) is 4.79. The van der Waals surface area contributed by atoms with E-state index in [0.717, 1.165) is 5.39 Å². The number of aromatic nitrogens is 2. The predicted octanol–water partition coefficient (Wildman–Crippen LogP) is 2.96. The number of carboxylic acid groups (broad SMARTS) is 1. The number of nitrogens with one attached hydrogen (secondary N) is 1. The van der Waals surface area contributed by atoms with E-state index in [1.807, 2.05) is 13.8 Å². The molecule has 0 aliphatic rings. The number of nitrogens with zero attached hydrogens (tertiary/aromatic N) is 2. The van der Waals surface area contributed by atoms with Gasteiger partial charge in [0.1, 0.15) is 12.4 Å². The Morgan fingerprint density at radius 1 is 1.31 bits per heavy atom. The molecule has 0 aliphatic carbocycles. The molecule has 1 amide bonds. The fraction of sp³-hybridized carbons (Fsp3) is 0.333. The first-order valence-corrected chi connectivity index (χ1v) is 9.29. The van der Waals surface area contributed by atoms with Gasteiger partial charge in [0.15, 0.2) is 6.29 Å². The number of rotatable bonds is 7. The van der Waals surface area contributed by atoms with Gasteiger partial charge >= 0.3 is 6.09 Å². The Hall–Kier alpha value is -3.42. The molecule has 1 unspecified atom stereocenters. The van der Waals surface area contributed by atoms with Crippen LogP contribution in [0, 0.1) is 5.92 Å². The van der Waals surface area contributed by atoms with Crippen LogP contribution in [-0.4, -0.2) is 39.7 Å². The average Bonchev–Trinajstić information content (AvgIpc) is 2.68. The number of hydrogen-bond donors (Lipinski definition) is 2. The lowest BCUT2D eigenvalue weighted by Crippen LogP contribution is -2.39. The molecule has 152 valence electrons. The van der Waals surface area contributed by atoms with E-state index in [1.54, 1.807) is 31.4 Å². The maximum Gasteiger partial charge on any atom is 0.404 e. The molecule has 0 spiro atoms. The van der Waals surface area contributed by atoms with Gasteiger partial charge in [0.25, 0.3) is 5.56 Å².